The molecule has 0 fully saturated rings. The van der Waals surface area contributed by atoms with Gasteiger partial charge in [0.15, 0.2) is 5.82 Å². The maximum atomic E-state index is 6.20. The summed E-state index contributed by atoms with van der Waals surface area (Å²) in [4.78, 5) is 8.86. The van der Waals surface area contributed by atoms with Gasteiger partial charge in [-0.25, -0.2) is 9.97 Å². The highest BCUT2D eigenvalue weighted by Crippen LogP contribution is 2.37. The molecular formula is C14H12BrCl3N2. The van der Waals surface area contributed by atoms with Gasteiger partial charge < -0.3 is 0 Å². The van der Waals surface area contributed by atoms with E-state index in [1.165, 1.54) is 0 Å². The van der Waals surface area contributed by atoms with Gasteiger partial charge >= 0.3 is 0 Å². The zero-order valence-corrected chi connectivity index (χ0v) is 15.0. The van der Waals surface area contributed by atoms with Crippen LogP contribution in [-0.4, -0.2) is 9.97 Å². The van der Waals surface area contributed by atoms with Crippen molar-refractivity contribution in [3.63, 3.8) is 0 Å². The second-order valence-electron chi connectivity index (χ2n) is 5.35. The van der Waals surface area contributed by atoms with Crippen LogP contribution in [0, 0.1) is 0 Å². The molecule has 20 heavy (non-hydrogen) atoms. The largest absolute Gasteiger partial charge is 0.231 e. The Balaban J connectivity index is 2.74. The second kappa shape index (κ2) is 5.80. The molecule has 2 aromatic rings. The van der Waals surface area contributed by atoms with E-state index in [1.54, 1.807) is 18.2 Å². The lowest BCUT2D eigenvalue weighted by atomic mass is 9.92. The Bertz CT molecular complexity index is 646. The van der Waals surface area contributed by atoms with Gasteiger partial charge in [0.25, 0.3) is 0 Å². The predicted octanol–water partition coefficient (Wildman–Crippen LogP) is 6.16. The van der Waals surface area contributed by atoms with Crippen LogP contribution in [0.5, 0.6) is 0 Å². The lowest BCUT2D eigenvalue weighted by molar-refractivity contribution is 0.564. The summed E-state index contributed by atoms with van der Waals surface area (Å²) in [5.74, 6) is 0.429. The molecule has 0 spiro atoms. The van der Waals surface area contributed by atoms with Gasteiger partial charge in [0.05, 0.1) is 25.8 Å². The lowest BCUT2D eigenvalue weighted by Gasteiger charge is -2.21. The second-order valence-corrected chi connectivity index (χ2v) is 7.31. The molecule has 106 valence electrons. The number of aromatic nitrogens is 2. The maximum absolute atomic E-state index is 6.20. The monoisotopic (exact) mass is 392 g/mol. The summed E-state index contributed by atoms with van der Waals surface area (Å²) in [5, 5.41) is 1.34. The normalized spacial score (nSPS) is 11.8. The van der Waals surface area contributed by atoms with Crippen molar-refractivity contribution < 1.29 is 0 Å². The molecule has 0 aliphatic rings. The molecular weight excluding hydrogens is 382 g/mol. The minimum Gasteiger partial charge on any atom is -0.231 e. The average molecular weight is 395 g/mol. The number of hydrogen-bond donors (Lipinski definition) is 0. The van der Waals surface area contributed by atoms with Crippen LogP contribution in [-0.2, 0) is 5.41 Å². The summed E-state index contributed by atoms with van der Waals surface area (Å²) >= 11 is 22.0. The van der Waals surface area contributed by atoms with Crippen molar-refractivity contribution in [3.05, 3.63) is 43.6 Å². The SMILES string of the molecule is CC(C)(C)c1nc(-c2c(Cl)cccc2Cl)nc(Cl)c1Br. The summed E-state index contributed by atoms with van der Waals surface area (Å²) in [6, 6.07) is 5.27. The van der Waals surface area contributed by atoms with Crippen LogP contribution >= 0.6 is 50.7 Å². The summed E-state index contributed by atoms with van der Waals surface area (Å²) < 4.78 is 0.693. The molecule has 0 atom stereocenters. The summed E-state index contributed by atoms with van der Waals surface area (Å²) in [7, 11) is 0. The number of nitrogens with zero attached hydrogens (tertiary/aromatic N) is 2. The van der Waals surface area contributed by atoms with E-state index in [2.05, 4.69) is 46.7 Å². The zero-order chi connectivity index (χ0) is 15.1. The number of hydrogen-bond acceptors (Lipinski definition) is 2. The standard InChI is InChI=1S/C14H12BrCl3N2/c1-14(2,3)11-10(15)12(18)20-13(19-11)9-7(16)5-4-6-8(9)17/h4-6H,1-3H3. The van der Waals surface area contributed by atoms with Crippen LogP contribution in [0.15, 0.2) is 22.7 Å². The van der Waals surface area contributed by atoms with Gasteiger partial charge in [-0.3, -0.25) is 0 Å². The van der Waals surface area contributed by atoms with Gasteiger partial charge in [-0.1, -0.05) is 61.6 Å². The van der Waals surface area contributed by atoms with Gasteiger partial charge in [0.1, 0.15) is 5.15 Å². The van der Waals surface area contributed by atoms with Gasteiger partial charge in [-0.2, -0.15) is 0 Å². The molecule has 2 rings (SSSR count). The zero-order valence-electron chi connectivity index (χ0n) is 11.1. The first-order chi connectivity index (χ1) is 9.21. The van der Waals surface area contributed by atoms with Crippen molar-refractivity contribution in [2.75, 3.05) is 0 Å². The summed E-state index contributed by atoms with van der Waals surface area (Å²) in [6.45, 7) is 6.15. The lowest BCUT2D eigenvalue weighted by Crippen LogP contribution is -2.16. The Morgan fingerprint density at radius 3 is 2.05 bits per heavy atom. The maximum Gasteiger partial charge on any atom is 0.164 e. The van der Waals surface area contributed by atoms with Gasteiger partial charge in [0, 0.05) is 5.41 Å². The highest BCUT2D eigenvalue weighted by atomic mass is 79.9. The molecule has 0 aliphatic carbocycles. The Hall–Kier alpha value is -0.350. The van der Waals surface area contributed by atoms with Gasteiger partial charge in [-0.15, -0.1) is 0 Å². The molecule has 0 amide bonds. The molecule has 0 radical (unpaired) electrons. The van der Waals surface area contributed by atoms with Gasteiger partial charge in [-0.05, 0) is 28.1 Å². The molecule has 6 heteroatoms. The minimum absolute atomic E-state index is 0.187. The van der Waals surface area contributed by atoms with Crippen molar-refractivity contribution in [2.24, 2.45) is 0 Å². The molecule has 1 aromatic heterocycles. The van der Waals surface area contributed by atoms with Crippen LogP contribution < -0.4 is 0 Å². The van der Waals surface area contributed by atoms with E-state index >= 15 is 0 Å². The van der Waals surface area contributed by atoms with E-state index in [0.717, 1.165) is 5.69 Å². The van der Waals surface area contributed by atoms with Crippen molar-refractivity contribution in [2.45, 2.75) is 26.2 Å². The first-order valence-corrected chi connectivity index (χ1v) is 7.82. The van der Waals surface area contributed by atoms with Crippen LogP contribution in [0.2, 0.25) is 15.2 Å². The fourth-order valence-corrected chi connectivity index (χ4v) is 3.25. The fourth-order valence-electron chi connectivity index (χ4n) is 1.74. The Labute approximate surface area is 141 Å². The fraction of sp³-hybridized carbons (Fsp3) is 0.286. The third kappa shape index (κ3) is 3.11. The van der Waals surface area contributed by atoms with Crippen LogP contribution in [0.25, 0.3) is 11.4 Å². The quantitative estimate of drug-likeness (QED) is 0.541. The molecule has 0 N–H and O–H groups in total. The highest BCUT2D eigenvalue weighted by molar-refractivity contribution is 9.10. The average Bonchev–Trinajstić information content (AvgIpc) is 2.31. The van der Waals surface area contributed by atoms with E-state index in [9.17, 15) is 0 Å². The predicted molar refractivity (Wildman–Crippen MR) is 88.9 cm³/mol. The Morgan fingerprint density at radius 2 is 1.55 bits per heavy atom. The van der Waals surface area contributed by atoms with Crippen LogP contribution in [0.4, 0.5) is 0 Å². The molecule has 0 aliphatic heterocycles. The third-order valence-corrected chi connectivity index (χ3v) is 4.59. The smallest absolute Gasteiger partial charge is 0.164 e. The molecule has 1 aromatic carbocycles. The number of halogens is 4. The third-order valence-electron chi connectivity index (χ3n) is 2.71. The minimum atomic E-state index is -0.187. The number of rotatable bonds is 1. The first kappa shape index (κ1) is 16.0. The molecule has 0 saturated heterocycles. The van der Waals surface area contributed by atoms with Gasteiger partial charge in [0.2, 0.25) is 0 Å². The van der Waals surface area contributed by atoms with E-state index < -0.39 is 0 Å². The van der Waals surface area contributed by atoms with Crippen LogP contribution in [0.1, 0.15) is 26.5 Å². The summed E-state index contributed by atoms with van der Waals surface area (Å²) in [6.07, 6.45) is 0. The van der Waals surface area contributed by atoms with E-state index in [1.807, 2.05) is 0 Å². The van der Waals surface area contributed by atoms with Crippen molar-refractivity contribution >= 4 is 50.7 Å². The highest BCUT2D eigenvalue weighted by Gasteiger charge is 2.24. The van der Waals surface area contributed by atoms with E-state index in [0.29, 0.717) is 31.1 Å². The van der Waals surface area contributed by atoms with Crippen molar-refractivity contribution in [1.82, 2.24) is 9.97 Å². The van der Waals surface area contributed by atoms with E-state index in [4.69, 9.17) is 34.8 Å². The number of benzene rings is 1. The molecule has 0 bridgehead atoms. The van der Waals surface area contributed by atoms with Crippen molar-refractivity contribution in [3.8, 4) is 11.4 Å². The Kier molecular flexibility index (Phi) is 4.65. The molecule has 0 saturated carbocycles. The van der Waals surface area contributed by atoms with Crippen molar-refractivity contribution in [1.29, 1.82) is 0 Å². The molecule has 0 unspecified atom stereocenters. The molecule has 1 heterocycles. The van der Waals surface area contributed by atoms with Crippen LogP contribution in [0.3, 0.4) is 0 Å². The first-order valence-electron chi connectivity index (χ1n) is 5.89. The Morgan fingerprint density at radius 1 is 1.00 bits per heavy atom. The topological polar surface area (TPSA) is 25.8 Å². The molecule has 2 nitrogen and oxygen atoms in total. The summed E-state index contributed by atoms with van der Waals surface area (Å²) in [5.41, 5.74) is 1.22. The van der Waals surface area contributed by atoms with E-state index in [-0.39, 0.29) is 5.41 Å².